The van der Waals surface area contributed by atoms with Crippen LogP contribution < -0.4 is 15.8 Å². The molecule has 36 heavy (non-hydrogen) atoms. The third kappa shape index (κ3) is 3.26. The number of carbonyl (C=O) groups is 3. The number of pyridine rings is 1. The third-order valence-electron chi connectivity index (χ3n) is 7.81. The molecule has 2 aromatic heterocycles. The fraction of sp³-hybridized carbons (Fsp3) is 0.370. The van der Waals surface area contributed by atoms with Crippen molar-refractivity contribution in [1.29, 1.82) is 0 Å². The van der Waals surface area contributed by atoms with Crippen LogP contribution >= 0.6 is 0 Å². The van der Waals surface area contributed by atoms with Crippen molar-refractivity contribution >= 4 is 29.3 Å². The van der Waals surface area contributed by atoms with Crippen LogP contribution in [0.3, 0.4) is 0 Å². The van der Waals surface area contributed by atoms with Gasteiger partial charge >= 0.3 is 6.03 Å². The first-order valence-corrected chi connectivity index (χ1v) is 12.4. The van der Waals surface area contributed by atoms with Gasteiger partial charge in [0.2, 0.25) is 11.8 Å². The Balaban J connectivity index is 1.51. The van der Waals surface area contributed by atoms with Crippen molar-refractivity contribution in [2.75, 3.05) is 11.4 Å². The predicted octanol–water partition coefficient (Wildman–Crippen LogP) is 2.57. The molecule has 0 bridgehead atoms. The lowest BCUT2D eigenvalue weighted by atomic mass is 9.68. The number of fused-ring (bicyclic) bond motifs is 5. The van der Waals surface area contributed by atoms with E-state index in [9.17, 15) is 19.2 Å². The minimum absolute atomic E-state index is 0.0501. The van der Waals surface area contributed by atoms with Crippen molar-refractivity contribution in [2.24, 2.45) is 5.41 Å². The maximum Gasteiger partial charge on any atom is 0.331 e. The molecule has 2 saturated heterocycles. The van der Waals surface area contributed by atoms with Gasteiger partial charge in [-0.1, -0.05) is 48.7 Å². The number of carbonyl (C=O) groups excluding carboxylic acids is 3. The van der Waals surface area contributed by atoms with E-state index in [1.165, 1.54) is 4.40 Å². The van der Waals surface area contributed by atoms with Crippen LogP contribution in [0.1, 0.15) is 42.4 Å². The van der Waals surface area contributed by atoms with Crippen molar-refractivity contribution in [3.05, 3.63) is 75.7 Å². The van der Waals surface area contributed by atoms with E-state index in [1.54, 1.807) is 18.3 Å². The van der Waals surface area contributed by atoms with E-state index < -0.39 is 29.3 Å². The van der Waals surface area contributed by atoms with Crippen LogP contribution in [0.4, 0.5) is 10.6 Å². The summed E-state index contributed by atoms with van der Waals surface area (Å²) in [6.45, 7) is 2.60. The molecule has 3 aliphatic rings. The molecule has 0 saturated carbocycles. The summed E-state index contributed by atoms with van der Waals surface area (Å²) in [5.74, 6) is -0.624. The van der Waals surface area contributed by atoms with Crippen molar-refractivity contribution in [2.45, 2.75) is 51.6 Å². The van der Waals surface area contributed by atoms with Gasteiger partial charge in [0.25, 0.3) is 5.56 Å². The van der Waals surface area contributed by atoms with Gasteiger partial charge in [-0.15, -0.1) is 0 Å². The second kappa shape index (κ2) is 8.29. The SMILES string of the molecule is Cc1ccc(CN2C(=O)NC(=O)[C@]3(Cc4c(nc5ccccn5c4=O)N4CCCCC[C@H]43)C2=O)cc1. The number of aryl methyl sites for hydroxylation is 1. The first kappa shape index (κ1) is 22.5. The summed E-state index contributed by atoms with van der Waals surface area (Å²) in [5.41, 5.74) is 0.842. The van der Waals surface area contributed by atoms with Crippen LogP contribution in [0.5, 0.6) is 0 Å². The second-order valence-corrected chi connectivity index (χ2v) is 9.99. The van der Waals surface area contributed by atoms with Crippen LogP contribution in [0, 0.1) is 12.3 Å². The number of rotatable bonds is 2. The van der Waals surface area contributed by atoms with Gasteiger partial charge in [0, 0.05) is 19.2 Å². The van der Waals surface area contributed by atoms with E-state index in [-0.39, 0.29) is 18.5 Å². The Labute approximate surface area is 207 Å². The number of benzene rings is 1. The van der Waals surface area contributed by atoms with Gasteiger partial charge < -0.3 is 4.90 Å². The highest BCUT2D eigenvalue weighted by Crippen LogP contribution is 2.45. The summed E-state index contributed by atoms with van der Waals surface area (Å²) in [4.78, 5) is 62.3. The largest absolute Gasteiger partial charge is 0.352 e. The highest BCUT2D eigenvalue weighted by atomic mass is 16.2. The van der Waals surface area contributed by atoms with Crippen LogP contribution in [-0.2, 0) is 22.6 Å². The lowest BCUT2D eigenvalue weighted by Crippen LogP contribution is -2.72. The molecule has 1 spiro atoms. The number of hydrogen-bond acceptors (Lipinski definition) is 6. The van der Waals surface area contributed by atoms with Crippen molar-refractivity contribution in [3.63, 3.8) is 0 Å². The average molecular weight is 486 g/mol. The molecule has 184 valence electrons. The number of amides is 4. The first-order chi connectivity index (χ1) is 17.4. The van der Waals surface area contributed by atoms with Crippen LogP contribution in [0.25, 0.3) is 5.65 Å². The predicted molar refractivity (Wildman–Crippen MR) is 132 cm³/mol. The Morgan fingerprint density at radius 1 is 1.03 bits per heavy atom. The van der Waals surface area contributed by atoms with E-state index in [4.69, 9.17) is 4.98 Å². The van der Waals surface area contributed by atoms with Gasteiger partial charge in [0.05, 0.1) is 18.2 Å². The number of hydrogen-bond donors (Lipinski definition) is 1. The fourth-order valence-electron chi connectivity index (χ4n) is 5.95. The van der Waals surface area contributed by atoms with E-state index in [2.05, 4.69) is 5.32 Å². The van der Waals surface area contributed by atoms with Gasteiger partial charge in [-0.05, 0) is 37.5 Å². The van der Waals surface area contributed by atoms with E-state index in [0.717, 1.165) is 35.3 Å². The molecule has 3 aromatic rings. The molecule has 0 aliphatic carbocycles. The Kier molecular flexibility index (Phi) is 5.17. The van der Waals surface area contributed by atoms with Gasteiger partial charge in [-0.3, -0.25) is 29.0 Å². The topological polar surface area (TPSA) is 104 Å². The number of imide groups is 2. The quantitative estimate of drug-likeness (QED) is 0.560. The number of anilines is 1. The summed E-state index contributed by atoms with van der Waals surface area (Å²) in [6, 6.07) is 11.7. The third-order valence-corrected chi connectivity index (χ3v) is 7.81. The molecule has 2 fully saturated rings. The molecular formula is C27H27N5O4. The molecule has 9 nitrogen and oxygen atoms in total. The highest BCUT2D eigenvalue weighted by molar-refractivity contribution is 6.20. The van der Waals surface area contributed by atoms with E-state index in [1.807, 2.05) is 42.2 Å². The standard InChI is InChI=1S/C27H27N5O4/c1-17-9-11-18(12-10-17)16-32-25(35)27(24(34)29-26(32)36)15-19-22(30-13-5-2-3-7-20(27)30)28-21-8-4-6-14-31(21)23(19)33/h4,6,8-12,14,20H,2-3,5,7,13,15-16H2,1H3,(H,29,34,36)/t20-,27+/m0/s1. The lowest BCUT2D eigenvalue weighted by molar-refractivity contribution is -0.154. The summed E-state index contributed by atoms with van der Waals surface area (Å²) in [7, 11) is 0. The molecule has 1 N–H and O–H groups in total. The Hall–Kier alpha value is -4.01. The Bertz CT molecular complexity index is 1460. The molecule has 3 aliphatic heterocycles. The van der Waals surface area contributed by atoms with Crippen molar-refractivity contribution in [1.82, 2.24) is 19.6 Å². The van der Waals surface area contributed by atoms with Gasteiger partial charge in [0.1, 0.15) is 11.5 Å². The van der Waals surface area contributed by atoms with Gasteiger partial charge in [0.15, 0.2) is 5.41 Å². The summed E-state index contributed by atoms with van der Waals surface area (Å²) < 4.78 is 1.45. The summed E-state index contributed by atoms with van der Waals surface area (Å²) in [6.07, 6.45) is 4.81. The number of nitrogens with zero attached hydrogens (tertiary/aromatic N) is 4. The fourth-order valence-corrected chi connectivity index (χ4v) is 5.95. The van der Waals surface area contributed by atoms with E-state index in [0.29, 0.717) is 30.0 Å². The average Bonchev–Trinajstić information content (AvgIpc) is 3.14. The van der Waals surface area contributed by atoms with Crippen molar-refractivity contribution in [3.8, 4) is 0 Å². The second-order valence-electron chi connectivity index (χ2n) is 9.99. The van der Waals surface area contributed by atoms with Crippen LogP contribution in [0.2, 0.25) is 0 Å². The molecule has 2 atom stereocenters. The zero-order chi connectivity index (χ0) is 25.0. The highest BCUT2D eigenvalue weighted by Gasteiger charge is 2.62. The Morgan fingerprint density at radius 2 is 1.83 bits per heavy atom. The number of barbiturate groups is 1. The lowest BCUT2D eigenvalue weighted by Gasteiger charge is -2.50. The smallest absolute Gasteiger partial charge is 0.331 e. The van der Waals surface area contributed by atoms with Gasteiger partial charge in [-0.25, -0.2) is 9.78 Å². The minimum Gasteiger partial charge on any atom is -0.352 e. The number of urea groups is 1. The zero-order valence-electron chi connectivity index (χ0n) is 20.1. The molecule has 1 aromatic carbocycles. The van der Waals surface area contributed by atoms with Crippen LogP contribution in [0.15, 0.2) is 53.5 Å². The van der Waals surface area contributed by atoms with Crippen LogP contribution in [-0.4, -0.2) is 44.7 Å². The van der Waals surface area contributed by atoms with E-state index >= 15 is 0 Å². The molecular weight excluding hydrogens is 458 g/mol. The molecule has 5 heterocycles. The normalized spacial score (nSPS) is 23.9. The molecule has 0 radical (unpaired) electrons. The minimum atomic E-state index is -1.58. The Morgan fingerprint density at radius 3 is 2.64 bits per heavy atom. The summed E-state index contributed by atoms with van der Waals surface area (Å²) in [5, 5.41) is 2.46. The number of aromatic nitrogens is 2. The monoisotopic (exact) mass is 485 g/mol. The maximum atomic E-state index is 14.2. The molecule has 6 rings (SSSR count). The van der Waals surface area contributed by atoms with Crippen molar-refractivity contribution < 1.29 is 14.4 Å². The summed E-state index contributed by atoms with van der Waals surface area (Å²) >= 11 is 0. The maximum absolute atomic E-state index is 14.2. The molecule has 4 amide bonds. The molecule has 0 unspecified atom stereocenters. The zero-order valence-corrected chi connectivity index (χ0v) is 20.1. The van der Waals surface area contributed by atoms with Gasteiger partial charge in [-0.2, -0.15) is 0 Å². The molecule has 9 heteroatoms. The first-order valence-electron chi connectivity index (χ1n) is 12.4. The number of nitrogens with one attached hydrogen (secondary N) is 1.